The fraction of sp³-hybridized carbons (Fsp3) is 0.733. The van der Waals surface area contributed by atoms with Gasteiger partial charge in [0.1, 0.15) is 0 Å². The topological polar surface area (TPSA) is 24.5 Å². The van der Waals surface area contributed by atoms with E-state index in [0.717, 1.165) is 39.4 Å². The average Bonchev–Trinajstić information content (AvgIpc) is 2.83. The molecule has 1 aromatic heterocycles. The number of hydrogen-bond acceptors (Lipinski definition) is 4. The number of thiophene rings is 1. The Hall–Kier alpha value is -0.420. The van der Waals surface area contributed by atoms with Crippen LogP contribution in [0.25, 0.3) is 0 Å². The number of likely N-dealkylation sites (N-methyl/N-ethyl adjacent to an activating group) is 1. The Morgan fingerprint density at radius 1 is 1.26 bits per heavy atom. The number of ether oxygens (including phenoxy) is 1. The molecule has 0 saturated carbocycles. The molecule has 0 spiro atoms. The van der Waals surface area contributed by atoms with Gasteiger partial charge in [-0.3, -0.25) is 4.90 Å². The summed E-state index contributed by atoms with van der Waals surface area (Å²) >= 11 is 1.91. The minimum atomic E-state index is 0.545. The van der Waals surface area contributed by atoms with E-state index in [1.54, 1.807) is 0 Å². The van der Waals surface area contributed by atoms with Crippen LogP contribution in [0.4, 0.5) is 0 Å². The van der Waals surface area contributed by atoms with Gasteiger partial charge in [0.2, 0.25) is 0 Å². The monoisotopic (exact) mass is 284 g/mol. The van der Waals surface area contributed by atoms with Crippen LogP contribution in [0, 0.1) is 0 Å². The molecule has 0 amide bonds. The summed E-state index contributed by atoms with van der Waals surface area (Å²) in [4.78, 5) is 5.30. The van der Waals surface area contributed by atoms with Gasteiger partial charge in [0.25, 0.3) is 0 Å². The molecule has 3 nitrogen and oxygen atoms in total. The zero-order valence-electron chi connectivity index (χ0n) is 12.7. The molecular weight excluding hydrogens is 256 g/mol. The average molecular weight is 284 g/mol. The van der Waals surface area contributed by atoms with E-state index < -0.39 is 0 Å². The Labute approximate surface area is 122 Å². The van der Waals surface area contributed by atoms with E-state index in [1.165, 1.54) is 9.75 Å². The maximum Gasteiger partial charge on any atom is 0.0593 e. The second-order valence-corrected chi connectivity index (χ2v) is 6.22. The van der Waals surface area contributed by atoms with Crippen LogP contribution < -0.4 is 5.32 Å². The van der Waals surface area contributed by atoms with Crippen molar-refractivity contribution >= 4 is 11.3 Å². The second kappa shape index (κ2) is 9.48. The molecule has 0 saturated heterocycles. The van der Waals surface area contributed by atoms with E-state index in [2.05, 4.69) is 43.1 Å². The molecule has 0 aromatic carbocycles. The maximum atomic E-state index is 5.43. The van der Waals surface area contributed by atoms with Gasteiger partial charge in [0, 0.05) is 42.0 Å². The lowest BCUT2D eigenvalue weighted by Crippen LogP contribution is -2.26. The molecule has 0 bridgehead atoms. The van der Waals surface area contributed by atoms with Crippen molar-refractivity contribution < 1.29 is 4.74 Å². The Kier molecular flexibility index (Phi) is 8.30. The lowest BCUT2D eigenvalue weighted by atomic mass is 10.3. The first-order valence-electron chi connectivity index (χ1n) is 7.26. The van der Waals surface area contributed by atoms with E-state index in [-0.39, 0.29) is 0 Å². The summed E-state index contributed by atoms with van der Waals surface area (Å²) < 4.78 is 5.43. The second-order valence-electron chi connectivity index (χ2n) is 4.97. The van der Waals surface area contributed by atoms with Crippen molar-refractivity contribution in [2.45, 2.75) is 46.8 Å². The highest BCUT2D eigenvalue weighted by Gasteiger charge is 2.06. The van der Waals surface area contributed by atoms with Crippen molar-refractivity contribution in [1.82, 2.24) is 10.2 Å². The summed E-state index contributed by atoms with van der Waals surface area (Å²) in [6.07, 6.45) is 0. The molecule has 0 aliphatic rings. The smallest absolute Gasteiger partial charge is 0.0593 e. The van der Waals surface area contributed by atoms with Crippen LogP contribution >= 0.6 is 11.3 Å². The highest BCUT2D eigenvalue weighted by atomic mass is 32.1. The summed E-state index contributed by atoms with van der Waals surface area (Å²) in [5.41, 5.74) is 0. The van der Waals surface area contributed by atoms with E-state index in [4.69, 9.17) is 4.74 Å². The van der Waals surface area contributed by atoms with Gasteiger partial charge < -0.3 is 10.1 Å². The quantitative estimate of drug-likeness (QED) is 0.668. The molecule has 4 heteroatoms. The van der Waals surface area contributed by atoms with E-state index in [9.17, 15) is 0 Å². The highest BCUT2D eigenvalue weighted by molar-refractivity contribution is 7.11. The standard InChI is InChI=1S/C15H28N2OS/c1-5-17(9-10-18-6-2)12-15-8-7-14(19-15)11-16-13(3)4/h7-8,13,16H,5-6,9-12H2,1-4H3. The normalized spacial score (nSPS) is 11.7. The van der Waals surface area contributed by atoms with Gasteiger partial charge in [0.15, 0.2) is 0 Å². The number of nitrogens with one attached hydrogen (secondary N) is 1. The summed E-state index contributed by atoms with van der Waals surface area (Å²) in [5, 5.41) is 3.46. The molecule has 1 rings (SSSR count). The summed E-state index contributed by atoms with van der Waals surface area (Å²) in [7, 11) is 0. The van der Waals surface area contributed by atoms with Crippen LogP contribution in [-0.4, -0.2) is 37.2 Å². The molecule has 0 aliphatic heterocycles. The molecule has 19 heavy (non-hydrogen) atoms. The summed E-state index contributed by atoms with van der Waals surface area (Å²) in [5.74, 6) is 0. The van der Waals surface area contributed by atoms with Crippen LogP contribution in [-0.2, 0) is 17.8 Å². The Bertz CT molecular complexity index is 339. The lowest BCUT2D eigenvalue weighted by Gasteiger charge is -2.19. The molecule has 0 radical (unpaired) electrons. The molecule has 110 valence electrons. The van der Waals surface area contributed by atoms with Crippen molar-refractivity contribution in [1.29, 1.82) is 0 Å². The van der Waals surface area contributed by atoms with Gasteiger partial charge >= 0.3 is 0 Å². The molecular formula is C15H28N2OS. The number of rotatable bonds is 10. The fourth-order valence-corrected chi connectivity index (χ4v) is 2.83. The Balaban J connectivity index is 2.37. The SMILES string of the molecule is CCOCCN(CC)Cc1ccc(CNC(C)C)s1. The van der Waals surface area contributed by atoms with Crippen molar-refractivity contribution in [3.8, 4) is 0 Å². The first-order chi connectivity index (χ1) is 9.15. The van der Waals surface area contributed by atoms with Gasteiger partial charge in [-0.25, -0.2) is 0 Å². The lowest BCUT2D eigenvalue weighted by molar-refractivity contribution is 0.113. The largest absolute Gasteiger partial charge is 0.380 e. The van der Waals surface area contributed by atoms with Crippen LogP contribution in [0.2, 0.25) is 0 Å². The van der Waals surface area contributed by atoms with Gasteiger partial charge in [-0.1, -0.05) is 20.8 Å². The van der Waals surface area contributed by atoms with Crippen molar-refractivity contribution in [3.63, 3.8) is 0 Å². The summed E-state index contributed by atoms with van der Waals surface area (Å²) in [6.45, 7) is 14.4. The third-order valence-corrected chi connectivity index (χ3v) is 4.05. The highest BCUT2D eigenvalue weighted by Crippen LogP contribution is 2.18. The number of hydrogen-bond donors (Lipinski definition) is 1. The van der Waals surface area contributed by atoms with Crippen molar-refractivity contribution in [3.05, 3.63) is 21.9 Å². The van der Waals surface area contributed by atoms with Crippen molar-refractivity contribution in [2.75, 3.05) is 26.3 Å². The molecule has 0 aliphatic carbocycles. The Morgan fingerprint density at radius 3 is 2.63 bits per heavy atom. The molecule has 1 heterocycles. The molecule has 0 atom stereocenters. The first-order valence-corrected chi connectivity index (χ1v) is 8.08. The van der Waals surface area contributed by atoms with Crippen LogP contribution in [0.1, 0.15) is 37.4 Å². The van der Waals surface area contributed by atoms with Gasteiger partial charge in [-0.15, -0.1) is 11.3 Å². The van der Waals surface area contributed by atoms with E-state index in [0.29, 0.717) is 6.04 Å². The van der Waals surface area contributed by atoms with Crippen LogP contribution in [0.15, 0.2) is 12.1 Å². The van der Waals surface area contributed by atoms with Crippen LogP contribution in [0.3, 0.4) is 0 Å². The zero-order valence-corrected chi connectivity index (χ0v) is 13.6. The third kappa shape index (κ3) is 7.06. The minimum Gasteiger partial charge on any atom is -0.380 e. The third-order valence-electron chi connectivity index (χ3n) is 2.98. The predicted molar refractivity (Wildman–Crippen MR) is 83.7 cm³/mol. The van der Waals surface area contributed by atoms with Gasteiger partial charge in [-0.2, -0.15) is 0 Å². The van der Waals surface area contributed by atoms with Gasteiger partial charge in [0.05, 0.1) is 6.61 Å². The maximum absolute atomic E-state index is 5.43. The van der Waals surface area contributed by atoms with Crippen molar-refractivity contribution in [2.24, 2.45) is 0 Å². The Morgan fingerprint density at radius 2 is 2.00 bits per heavy atom. The van der Waals surface area contributed by atoms with Gasteiger partial charge in [-0.05, 0) is 25.6 Å². The number of nitrogens with zero attached hydrogens (tertiary/aromatic N) is 1. The molecule has 0 fully saturated rings. The fourth-order valence-electron chi connectivity index (χ4n) is 1.81. The van der Waals surface area contributed by atoms with E-state index >= 15 is 0 Å². The minimum absolute atomic E-state index is 0.545. The first kappa shape index (κ1) is 16.6. The predicted octanol–water partition coefficient (Wildman–Crippen LogP) is 3.10. The molecule has 0 unspecified atom stereocenters. The summed E-state index contributed by atoms with van der Waals surface area (Å²) in [6, 6.07) is 5.04. The zero-order chi connectivity index (χ0) is 14.1. The van der Waals surface area contributed by atoms with Crippen LogP contribution in [0.5, 0.6) is 0 Å². The molecule has 1 N–H and O–H groups in total. The van der Waals surface area contributed by atoms with E-state index in [1.807, 2.05) is 18.3 Å². The molecule has 1 aromatic rings.